The number of anilines is 1. The summed E-state index contributed by atoms with van der Waals surface area (Å²) in [7, 11) is 0. The summed E-state index contributed by atoms with van der Waals surface area (Å²) in [6, 6.07) is 9.00. The van der Waals surface area contributed by atoms with E-state index in [1.165, 1.54) is 11.3 Å². The zero-order valence-electron chi connectivity index (χ0n) is 11.7. The van der Waals surface area contributed by atoms with Crippen LogP contribution in [0.4, 0.5) is 5.69 Å². The molecule has 2 nitrogen and oxygen atoms in total. The van der Waals surface area contributed by atoms with E-state index in [2.05, 4.69) is 64.2 Å². The van der Waals surface area contributed by atoms with Crippen molar-refractivity contribution in [3.63, 3.8) is 0 Å². The summed E-state index contributed by atoms with van der Waals surface area (Å²) >= 11 is 0. The summed E-state index contributed by atoms with van der Waals surface area (Å²) in [5.74, 6) is 0. The normalized spacial score (nSPS) is 13.5. The van der Waals surface area contributed by atoms with Crippen LogP contribution in [0.15, 0.2) is 24.3 Å². The molecule has 1 rings (SSSR count). The lowest BCUT2D eigenvalue weighted by molar-refractivity contribution is -0.0149. The van der Waals surface area contributed by atoms with Gasteiger partial charge in [0.25, 0.3) is 0 Å². The van der Waals surface area contributed by atoms with E-state index in [0.29, 0.717) is 12.6 Å². The Balaban J connectivity index is 2.50. The maximum Gasteiger partial charge on any atom is 0.0724 e. The number of rotatable bonds is 5. The number of benzene rings is 1. The second-order valence-corrected chi connectivity index (χ2v) is 5.55. The maximum absolute atomic E-state index is 5.74. The highest BCUT2D eigenvalue weighted by atomic mass is 16.5. The van der Waals surface area contributed by atoms with Gasteiger partial charge in [-0.05, 0) is 51.8 Å². The van der Waals surface area contributed by atoms with Gasteiger partial charge in [-0.15, -0.1) is 0 Å². The molecule has 0 radical (unpaired) electrons. The minimum absolute atomic E-state index is 0.0757. The van der Waals surface area contributed by atoms with E-state index >= 15 is 0 Å². The van der Waals surface area contributed by atoms with Gasteiger partial charge < -0.3 is 10.1 Å². The summed E-state index contributed by atoms with van der Waals surface area (Å²) in [6.45, 7) is 11.3. The van der Waals surface area contributed by atoms with Crippen LogP contribution in [-0.4, -0.2) is 11.6 Å². The van der Waals surface area contributed by atoms with Gasteiger partial charge in [-0.2, -0.15) is 0 Å². The molecule has 0 spiro atoms. The van der Waals surface area contributed by atoms with Gasteiger partial charge in [0.2, 0.25) is 0 Å². The first-order valence-electron chi connectivity index (χ1n) is 6.40. The smallest absolute Gasteiger partial charge is 0.0724 e. The number of nitrogens with one attached hydrogen (secondary N) is 1. The quantitative estimate of drug-likeness (QED) is 0.825. The van der Waals surface area contributed by atoms with E-state index in [0.717, 1.165) is 6.42 Å². The van der Waals surface area contributed by atoms with Gasteiger partial charge in [-0.3, -0.25) is 0 Å². The molecule has 17 heavy (non-hydrogen) atoms. The van der Waals surface area contributed by atoms with Gasteiger partial charge in [0, 0.05) is 11.7 Å². The van der Waals surface area contributed by atoms with E-state index < -0.39 is 0 Å². The molecule has 2 heteroatoms. The summed E-state index contributed by atoms with van der Waals surface area (Å²) in [4.78, 5) is 0. The first-order chi connectivity index (χ1) is 7.90. The third-order valence-corrected chi connectivity index (χ3v) is 2.65. The Morgan fingerprint density at radius 1 is 1.18 bits per heavy atom. The Bertz CT molecular complexity index is 324. The van der Waals surface area contributed by atoms with Crippen molar-refractivity contribution in [3.05, 3.63) is 29.8 Å². The van der Waals surface area contributed by atoms with Crippen LogP contribution in [0.25, 0.3) is 0 Å². The molecule has 0 aliphatic rings. The van der Waals surface area contributed by atoms with E-state index in [1.807, 2.05) is 0 Å². The maximum atomic E-state index is 5.74. The van der Waals surface area contributed by atoms with Gasteiger partial charge in [0.05, 0.1) is 12.2 Å². The fourth-order valence-corrected chi connectivity index (χ4v) is 1.38. The molecule has 0 fully saturated rings. The molecule has 0 heterocycles. The molecule has 0 bridgehead atoms. The van der Waals surface area contributed by atoms with E-state index in [1.54, 1.807) is 0 Å². The molecule has 0 aliphatic carbocycles. The van der Waals surface area contributed by atoms with Crippen LogP contribution in [0.5, 0.6) is 0 Å². The van der Waals surface area contributed by atoms with Crippen molar-refractivity contribution >= 4 is 5.69 Å². The van der Waals surface area contributed by atoms with Crippen molar-refractivity contribution in [2.24, 2.45) is 0 Å². The summed E-state index contributed by atoms with van der Waals surface area (Å²) in [5.41, 5.74) is 2.32. The molecular weight excluding hydrogens is 210 g/mol. The molecule has 0 saturated carbocycles. The Morgan fingerprint density at radius 2 is 1.76 bits per heavy atom. The van der Waals surface area contributed by atoms with Crippen LogP contribution >= 0.6 is 0 Å². The van der Waals surface area contributed by atoms with Gasteiger partial charge in [0.15, 0.2) is 0 Å². The highest BCUT2D eigenvalue weighted by Crippen LogP contribution is 2.15. The Labute approximate surface area is 105 Å². The zero-order chi connectivity index (χ0) is 12.9. The van der Waals surface area contributed by atoms with Crippen molar-refractivity contribution in [1.29, 1.82) is 0 Å². The topological polar surface area (TPSA) is 21.3 Å². The van der Waals surface area contributed by atoms with Gasteiger partial charge in [-0.1, -0.05) is 19.1 Å². The molecule has 1 unspecified atom stereocenters. The Hall–Kier alpha value is -1.02. The summed E-state index contributed by atoms with van der Waals surface area (Å²) in [5, 5.41) is 3.45. The van der Waals surface area contributed by atoms with Crippen LogP contribution < -0.4 is 5.32 Å². The third-order valence-electron chi connectivity index (χ3n) is 2.65. The SMILES string of the molecule is CCC(C)Nc1ccc(COC(C)(C)C)cc1. The number of ether oxygens (including phenoxy) is 1. The van der Waals surface area contributed by atoms with Crippen LogP contribution in [0.1, 0.15) is 46.6 Å². The van der Waals surface area contributed by atoms with Gasteiger partial charge in [0.1, 0.15) is 0 Å². The number of hydrogen-bond donors (Lipinski definition) is 1. The van der Waals surface area contributed by atoms with Crippen molar-refractivity contribution in [3.8, 4) is 0 Å². The molecule has 1 aromatic carbocycles. The fourth-order valence-electron chi connectivity index (χ4n) is 1.38. The van der Waals surface area contributed by atoms with Gasteiger partial charge in [-0.25, -0.2) is 0 Å². The lowest BCUT2D eigenvalue weighted by Gasteiger charge is -2.19. The molecule has 1 N–H and O–H groups in total. The van der Waals surface area contributed by atoms with Crippen molar-refractivity contribution < 1.29 is 4.74 Å². The second-order valence-electron chi connectivity index (χ2n) is 5.55. The Morgan fingerprint density at radius 3 is 2.24 bits per heavy atom. The molecule has 1 atom stereocenters. The van der Waals surface area contributed by atoms with Crippen LogP contribution in [0.2, 0.25) is 0 Å². The van der Waals surface area contributed by atoms with Crippen molar-refractivity contribution in [2.75, 3.05) is 5.32 Å². The van der Waals surface area contributed by atoms with Crippen LogP contribution in [0.3, 0.4) is 0 Å². The monoisotopic (exact) mass is 235 g/mol. The zero-order valence-corrected chi connectivity index (χ0v) is 11.7. The summed E-state index contributed by atoms with van der Waals surface area (Å²) in [6.07, 6.45) is 1.13. The predicted octanol–water partition coefficient (Wildman–Crippen LogP) is 4.21. The number of hydrogen-bond acceptors (Lipinski definition) is 2. The van der Waals surface area contributed by atoms with Crippen LogP contribution in [-0.2, 0) is 11.3 Å². The van der Waals surface area contributed by atoms with Crippen molar-refractivity contribution in [1.82, 2.24) is 0 Å². The second kappa shape index (κ2) is 6.06. The Kier molecular flexibility index (Phi) is 5.01. The molecule has 0 aromatic heterocycles. The average Bonchev–Trinajstić information content (AvgIpc) is 2.27. The summed E-state index contributed by atoms with van der Waals surface area (Å²) < 4.78 is 5.74. The van der Waals surface area contributed by atoms with Crippen molar-refractivity contribution in [2.45, 2.75) is 59.3 Å². The lowest BCUT2D eigenvalue weighted by Crippen LogP contribution is -2.18. The highest BCUT2D eigenvalue weighted by molar-refractivity contribution is 5.45. The largest absolute Gasteiger partial charge is 0.383 e. The molecule has 1 aromatic rings. The van der Waals surface area contributed by atoms with E-state index in [9.17, 15) is 0 Å². The van der Waals surface area contributed by atoms with E-state index in [4.69, 9.17) is 4.74 Å². The van der Waals surface area contributed by atoms with Crippen LogP contribution in [0, 0.1) is 0 Å². The molecule has 0 aliphatic heterocycles. The molecular formula is C15H25NO. The first kappa shape index (κ1) is 14.0. The molecule has 0 amide bonds. The third kappa shape index (κ3) is 5.73. The van der Waals surface area contributed by atoms with Gasteiger partial charge >= 0.3 is 0 Å². The first-order valence-corrected chi connectivity index (χ1v) is 6.40. The highest BCUT2D eigenvalue weighted by Gasteiger charge is 2.09. The molecule has 0 saturated heterocycles. The average molecular weight is 235 g/mol. The fraction of sp³-hybridized carbons (Fsp3) is 0.600. The lowest BCUT2D eigenvalue weighted by atomic mass is 10.1. The standard InChI is InChI=1S/C15H25NO/c1-6-12(2)16-14-9-7-13(8-10-14)11-17-15(3,4)5/h7-10,12,16H,6,11H2,1-5H3. The predicted molar refractivity (Wildman–Crippen MR) is 74.4 cm³/mol. The van der Waals surface area contributed by atoms with E-state index in [-0.39, 0.29) is 5.60 Å². The minimum Gasteiger partial charge on any atom is -0.383 e. The molecule has 96 valence electrons. The minimum atomic E-state index is -0.0757.